The Hall–Kier alpha value is -2.48. The van der Waals surface area contributed by atoms with Gasteiger partial charge in [0.05, 0.1) is 17.1 Å². The van der Waals surface area contributed by atoms with Crippen LogP contribution in [-0.4, -0.2) is 38.7 Å². The number of hydrogen-bond acceptors (Lipinski definition) is 6. The summed E-state index contributed by atoms with van der Waals surface area (Å²) in [4.78, 5) is 44.1. The zero-order chi connectivity index (χ0) is 16.7. The van der Waals surface area contributed by atoms with Crippen molar-refractivity contribution in [3.05, 3.63) is 29.5 Å². The first-order valence-electron chi connectivity index (χ1n) is 7.82. The van der Waals surface area contributed by atoms with Gasteiger partial charge in [0, 0.05) is 6.04 Å². The Morgan fingerprint density at radius 2 is 2.00 bits per heavy atom. The molecule has 24 heavy (non-hydrogen) atoms. The molecule has 4 amide bonds. The fourth-order valence-electron chi connectivity index (χ4n) is 3.20. The van der Waals surface area contributed by atoms with E-state index in [0.29, 0.717) is 11.6 Å². The molecule has 2 aromatic rings. The molecule has 0 bridgehead atoms. The van der Waals surface area contributed by atoms with Gasteiger partial charge < -0.3 is 4.42 Å². The summed E-state index contributed by atoms with van der Waals surface area (Å²) in [7, 11) is 0. The Labute approximate surface area is 141 Å². The fourth-order valence-corrected chi connectivity index (χ4v) is 3.86. The Morgan fingerprint density at radius 3 is 2.71 bits per heavy atom. The second-order valence-electron chi connectivity index (χ2n) is 5.91. The molecule has 7 nitrogen and oxygen atoms in total. The molecule has 1 aliphatic carbocycles. The predicted octanol–water partition coefficient (Wildman–Crippen LogP) is 2.64. The molecule has 0 spiro atoms. The molecule has 0 radical (unpaired) electrons. The van der Waals surface area contributed by atoms with Gasteiger partial charge >= 0.3 is 17.8 Å². The molecule has 1 aliphatic heterocycles. The molecule has 2 fully saturated rings. The second-order valence-corrected chi connectivity index (χ2v) is 6.86. The van der Waals surface area contributed by atoms with Crippen LogP contribution in [0, 0.1) is 0 Å². The first-order chi connectivity index (χ1) is 11.6. The van der Waals surface area contributed by atoms with Crippen LogP contribution in [0.2, 0.25) is 0 Å². The molecule has 2 aromatic heterocycles. The van der Waals surface area contributed by atoms with Crippen molar-refractivity contribution >= 4 is 29.2 Å². The highest BCUT2D eigenvalue weighted by Gasteiger charge is 2.48. The number of rotatable bonds is 4. The highest BCUT2D eigenvalue weighted by molar-refractivity contribution is 7.13. The van der Waals surface area contributed by atoms with Crippen LogP contribution < -0.4 is 0 Å². The summed E-state index contributed by atoms with van der Waals surface area (Å²) < 4.78 is 5.39. The van der Waals surface area contributed by atoms with Gasteiger partial charge in [0.1, 0.15) is 6.26 Å². The van der Waals surface area contributed by atoms with Crippen LogP contribution in [0.3, 0.4) is 0 Å². The number of nitrogens with zero attached hydrogens (tertiary/aromatic N) is 3. The number of aromatic nitrogens is 1. The number of carbonyl (C=O) groups is 3. The van der Waals surface area contributed by atoms with Crippen molar-refractivity contribution in [2.24, 2.45) is 0 Å². The van der Waals surface area contributed by atoms with Gasteiger partial charge in [0.25, 0.3) is 0 Å². The molecule has 0 unspecified atom stereocenters. The van der Waals surface area contributed by atoms with E-state index >= 15 is 0 Å². The summed E-state index contributed by atoms with van der Waals surface area (Å²) in [6, 6.07) is 3.06. The van der Waals surface area contributed by atoms with Crippen LogP contribution in [0.5, 0.6) is 0 Å². The van der Waals surface area contributed by atoms with Crippen molar-refractivity contribution in [2.75, 3.05) is 0 Å². The molecule has 0 N–H and O–H groups in total. The standard InChI is InChI=1S/C16H15N3O4S/c20-14-15(21)19(11-4-1-2-5-11)16(22)18(14)8-10-9-23-13(17-10)12-6-3-7-24-12/h3,6-7,9,11H,1-2,4-5,8H2. The van der Waals surface area contributed by atoms with E-state index in [2.05, 4.69) is 4.98 Å². The van der Waals surface area contributed by atoms with Crippen molar-refractivity contribution in [3.63, 3.8) is 0 Å². The van der Waals surface area contributed by atoms with E-state index in [1.54, 1.807) is 0 Å². The van der Waals surface area contributed by atoms with E-state index in [1.165, 1.54) is 17.6 Å². The lowest BCUT2D eigenvalue weighted by atomic mass is 10.2. The Bertz CT molecular complexity index is 792. The average Bonchev–Trinajstić information content (AvgIpc) is 3.33. The molecule has 0 atom stereocenters. The number of amides is 4. The number of imide groups is 2. The third-order valence-corrected chi connectivity index (χ3v) is 5.24. The topological polar surface area (TPSA) is 83.7 Å². The summed E-state index contributed by atoms with van der Waals surface area (Å²) in [5.41, 5.74) is 0.446. The summed E-state index contributed by atoms with van der Waals surface area (Å²) in [5, 5.41) is 1.91. The SMILES string of the molecule is O=C1C(=O)N(C2CCCC2)C(=O)N1Cc1coc(-c2cccs2)n1. The minimum atomic E-state index is -0.785. The quantitative estimate of drug-likeness (QED) is 0.628. The van der Waals surface area contributed by atoms with Crippen molar-refractivity contribution < 1.29 is 18.8 Å². The Kier molecular flexibility index (Phi) is 3.68. The lowest BCUT2D eigenvalue weighted by Gasteiger charge is -2.20. The first-order valence-corrected chi connectivity index (χ1v) is 8.70. The lowest BCUT2D eigenvalue weighted by molar-refractivity contribution is -0.144. The molecule has 124 valence electrons. The van der Waals surface area contributed by atoms with Crippen LogP contribution >= 0.6 is 11.3 Å². The summed E-state index contributed by atoms with van der Waals surface area (Å²) >= 11 is 1.48. The maximum atomic E-state index is 12.5. The minimum absolute atomic E-state index is 0.0541. The number of oxazole rings is 1. The fraction of sp³-hybridized carbons (Fsp3) is 0.375. The third kappa shape index (κ3) is 2.43. The number of carbonyl (C=O) groups excluding carboxylic acids is 3. The van der Waals surface area contributed by atoms with Gasteiger partial charge in [0.2, 0.25) is 5.89 Å². The molecule has 1 saturated heterocycles. The van der Waals surface area contributed by atoms with Crippen LogP contribution in [0.15, 0.2) is 28.2 Å². The minimum Gasteiger partial charge on any atom is -0.443 e. The second kappa shape index (κ2) is 5.86. The first kappa shape index (κ1) is 15.1. The van der Waals surface area contributed by atoms with E-state index in [4.69, 9.17) is 4.42 Å². The highest BCUT2D eigenvalue weighted by atomic mass is 32.1. The number of hydrogen-bond donors (Lipinski definition) is 0. The van der Waals surface area contributed by atoms with Gasteiger partial charge in [-0.05, 0) is 24.3 Å². The van der Waals surface area contributed by atoms with E-state index in [1.807, 2.05) is 17.5 Å². The third-order valence-electron chi connectivity index (χ3n) is 4.38. The van der Waals surface area contributed by atoms with Crippen molar-refractivity contribution in [1.29, 1.82) is 0 Å². The maximum absolute atomic E-state index is 12.5. The zero-order valence-electron chi connectivity index (χ0n) is 12.8. The van der Waals surface area contributed by atoms with E-state index < -0.39 is 17.8 Å². The van der Waals surface area contributed by atoms with Gasteiger partial charge in [-0.3, -0.25) is 14.5 Å². The van der Waals surface area contributed by atoms with E-state index in [9.17, 15) is 14.4 Å². The van der Waals surface area contributed by atoms with Gasteiger partial charge in [0.15, 0.2) is 0 Å². The molecule has 0 aromatic carbocycles. The average molecular weight is 345 g/mol. The lowest BCUT2D eigenvalue weighted by Crippen LogP contribution is -2.39. The number of urea groups is 1. The Balaban J connectivity index is 1.53. The van der Waals surface area contributed by atoms with Crippen LogP contribution in [0.25, 0.3) is 10.8 Å². The molecule has 3 heterocycles. The normalized spacial score (nSPS) is 19.1. The molecule has 4 rings (SSSR count). The Morgan fingerprint density at radius 1 is 1.21 bits per heavy atom. The van der Waals surface area contributed by atoms with E-state index in [0.717, 1.165) is 40.4 Å². The van der Waals surface area contributed by atoms with E-state index in [-0.39, 0.29) is 12.6 Å². The molecule has 2 aliphatic rings. The van der Waals surface area contributed by atoms with Crippen molar-refractivity contribution in [1.82, 2.24) is 14.8 Å². The molecule has 8 heteroatoms. The van der Waals surface area contributed by atoms with Gasteiger partial charge in [-0.15, -0.1) is 11.3 Å². The molecular formula is C16H15N3O4S. The largest absolute Gasteiger partial charge is 0.443 e. The predicted molar refractivity (Wildman–Crippen MR) is 84.9 cm³/mol. The van der Waals surface area contributed by atoms with Crippen LogP contribution in [0.1, 0.15) is 31.4 Å². The van der Waals surface area contributed by atoms with Crippen LogP contribution in [-0.2, 0) is 16.1 Å². The van der Waals surface area contributed by atoms with Crippen LogP contribution in [0.4, 0.5) is 4.79 Å². The highest BCUT2D eigenvalue weighted by Crippen LogP contribution is 2.29. The molecule has 1 saturated carbocycles. The maximum Gasteiger partial charge on any atom is 0.334 e. The number of thiophene rings is 1. The van der Waals surface area contributed by atoms with Crippen molar-refractivity contribution in [2.45, 2.75) is 38.3 Å². The zero-order valence-corrected chi connectivity index (χ0v) is 13.6. The summed E-state index contributed by atoms with van der Waals surface area (Å²) in [6.07, 6.45) is 4.90. The van der Waals surface area contributed by atoms with Gasteiger partial charge in [-0.2, -0.15) is 0 Å². The monoisotopic (exact) mass is 345 g/mol. The van der Waals surface area contributed by atoms with Gasteiger partial charge in [-0.1, -0.05) is 18.9 Å². The van der Waals surface area contributed by atoms with Gasteiger partial charge in [-0.25, -0.2) is 14.7 Å². The smallest absolute Gasteiger partial charge is 0.334 e. The molecular weight excluding hydrogens is 330 g/mol. The summed E-state index contributed by atoms with van der Waals surface area (Å²) in [5.74, 6) is -1.07. The van der Waals surface area contributed by atoms with Crippen molar-refractivity contribution in [3.8, 4) is 10.8 Å². The summed E-state index contributed by atoms with van der Waals surface area (Å²) in [6.45, 7) is -0.0541.